The summed E-state index contributed by atoms with van der Waals surface area (Å²) in [6.07, 6.45) is -4.71. The molecule has 0 aliphatic carbocycles. The third kappa shape index (κ3) is 4.72. The highest BCUT2D eigenvalue weighted by atomic mass is 35.5. The predicted molar refractivity (Wildman–Crippen MR) is 80.7 cm³/mol. The number of halogens is 4. The van der Waals surface area contributed by atoms with Gasteiger partial charge < -0.3 is 14.5 Å². The molecule has 0 radical (unpaired) electrons. The van der Waals surface area contributed by atoms with E-state index in [1.54, 1.807) is 0 Å². The van der Waals surface area contributed by atoms with Crippen LogP contribution in [0.1, 0.15) is 16.1 Å². The van der Waals surface area contributed by atoms with E-state index < -0.39 is 51.8 Å². The van der Waals surface area contributed by atoms with Crippen molar-refractivity contribution in [3.63, 3.8) is 0 Å². The van der Waals surface area contributed by atoms with Crippen molar-refractivity contribution in [3.05, 3.63) is 56.8 Å². The van der Waals surface area contributed by atoms with E-state index in [1.807, 2.05) is 0 Å². The van der Waals surface area contributed by atoms with Crippen LogP contribution in [0.15, 0.2) is 34.7 Å². The van der Waals surface area contributed by atoms with Gasteiger partial charge in [0.15, 0.2) is 6.61 Å². The van der Waals surface area contributed by atoms with Crippen molar-refractivity contribution in [1.29, 1.82) is 0 Å². The van der Waals surface area contributed by atoms with E-state index in [-0.39, 0.29) is 5.69 Å². The number of anilines is 1. The lowest BCUT2D eigenvalue weighted by molar-refractivity contribution is -0.402. The molecule has 0 bridgehead atoms. The van der Waals surface area contributed by atoms with E-state index >= 15 is 0 Å². The first-order chi connectivity index (χ1) is 12.1. The summed E-state index contributed by atoms with van der Waals surface area (Å²) in [4.78, 5) is 32.8. The molecule has 0 aliphatic rings. The van der Waals surface area contributed by atoms with Gasteiger partial charge in [0.05, 0.1) is 16.7 Å². The van der Waals surface area contributed by atoms with Crippen LogP contribution in [0.4, 0.5) is 24.7 Å². The van der Waals surface area contributed by atoms with Crippen LogP contribution in [0, 0.1) is 10.1 Å². The standard InChI is InChI=1S/C14H8ClF3N2O6/c15-9-2-1-7(5-8(9)14(16,17)18)19-11(21)6-25-13(22)10-3-4-12(26-10)20(23)24/h1-5H,6H2,(H,19,21). The Hall–Kier alpha value is -3.08. The molecule has 0 saturated heterocycles. The number of rotatable bonds is 5. The van der Waals surface area contributed by atoms with Crippen molar-refractivity contribution in [2.45, 2.75) is 6.18 Å². The van der Waals surface area contributed by atoms with Crippen LogP contribution < -0.4 is 5.32 Å². The maximum atomic E-state index is 12.7. The molecule has 2 rings (SSSR count). The topological polar surface area (TPSA) is 112 Å². The van der Waals surface area contributed by atoms with Crippen LogP contribution >= 0.6 is 11.6 Å². The van der Waals surface area contributed by atoms with Crippen molar-refractivity contribution in [1.82, 2.24) is 0 Å². The van der Waals surface area contributed by atoms with Crippen LogP contribution in [0.2, 0.25) is 5.02 Å². The number of nitro groups is 1. The number of furan rings is 1. The van der Waals surface area contributed by atoms with Gasteiger partial charge in [0.1, 0.15) is 4.92 Å². The maximum absolute atomic E-state index is 12.7. The van der Waals surface area contributed by atoms with E-state index in [1.165, 1.54) is 0 Å². The Labute approximate surface area is 147 Å². The van der Waals surface area contributed by atoms with Gasteiger partial charge in [-0.15, -0.1) is 0 Å². The zero-order valence-corrected chi connectivity index (χ0v) is 13.3. The van der Waals surface area contributed by atoms with Crippen molar-refractivity contribution in [2.75, 3.05) is 11.9 Å². The fourth-order valence-corrected chi connectivity index (χ4v) is 1.98. The second-order valence-corrected chi connectivity index (χ2v) is 5.12. The number of benzene rings is 1. The molecule has 0 saturated carbocycles. The number of alkyl halides is 3. The SMILES string of the molecule is O=C(COC(=O)c1ccc([N+](=O)[O-])o1)Nc1ccc(Cl)c(C(F)(F)F)c1. The molecule has 138 valence electrons. The summed E-state index contributed by atoms with van der Waals surface area (Å²) in [5, 5.41) is 12.0. The molecule has 12 heteroatoms. The minimum atomic E-state index is -4.71. The fourth-order valence-electron chi connectivity index (χ4n) is 1.76. The second kappa shape index (κ2) is 7.44. The first-order valence-electron chi connectivity index (χ1n) is 6.66. The van der Waals surface area contributed by atoms with Gasteiger partial charge in [-0.3, -0.25) is 14.9 Å². The molecule has 8 nitrogen and oxygen atoms in total. The summed E-state index contributed by atoms with van der Waals surface area (Å²) in [5.74, 6) is -3.28. The highest BCUT2D eigenvalue weighted by molar-refractivity contribution is 6.31. The highest BCUT2D eigenvalue weighted by Crippen LogP contribution is 2.36. The van der Waals surface area contributed by atoms with Gasteiger partial charge in [0.25, 0.3) is 5.91 Å². The van der Waals surface area contributed by atoms with E-state index in [4.69, 9.17) is 11.6 Å². The Bertz CT molecular complexity index is 865. The Kier molecular flexibility index (Phi) is 5.50. The number of carbonyl (C=O) groups is 2. The summed E-state index contributed by atoms with van der Waals surface area (Å²) in [6.45, 7) is -0.850. The summed E-state index contributed by atoms with van der Waals surface area (Å²) >= 11 is 5.45. The number of ether oxygens (including phenoxy) is 1. The minimum absolute atomic E-state index is 0.212. The van der Waals surface area contributed by atoms with E-state index in [2.05, 4.69) is 14.5 Å². The zero-order chi connectivity index (χ0) is 19.5. The number of nitrogens with zero attached hydrogens (tertiary/aromatic N) is 1. The van der Waals surface area contributed by atoms with Crippen LogP contribution in [0.5, 0.6) is 0 Å². The van der Waals surface area contributed by atoms with Crippen molar-refractivity contribution < 1.29 is 36.8 Å². The molecule has 2 aromatic rings. The molecule has 1 aromatic heterocycles. The normalized spacial score (nSPS) is 11.1. The molecule has 1 heterocycles. The lowest BCUT2D eigenvalue weighted by Gasteiger charge is -2.11. The third-order valence-electron chi connectivity index (χ3n) is 2.86. The number of nitrogens with one attached hydrogen (secondary N) is 1. The number of hydrogen-bond acceptors (Lipinski definition) is 6. The third-order valence-corrected chi connectivity index (χ3v) is 3.19. The fraction of sp³-hybridized carbons (Fsp3) is 0.143. The number of esters is 1. The summed E-state index contributed by atoms with van der Waals surface area (Å²) in [6, 6.07) is 4.61. The minimum Gasteiger partial charge on any atom is -0.450 e. The maximum Gasteiger partial charge on any atom is 0.433 e. The molecule has 1 N–H and O–H groups in total. The van der Waals surface area contributed by atoms with Gasteiger partial charge in [0, 0.05) is 5.69 Å². The quantitative estimate of drug-likeness (QED) is 0.472. The molecule has 0 unspecified atom stereocenters. The lowest BCUT2D eigenvalue weighted by Crippen LogP contribution is -2.21. The average Bonchev–Trinajstić information content (AvgIpc) is 3.03. The van der Waals surface area contributed by atoms with Crippen LogP contribution in [-0.4, -0.2) is 23.4 Å². The molecule has 0 atom stereocenters. The zero-order valence-electron chi connectivity index (χ0n) is 12.5. The summed E-state index contributed by atoms with van der Waals surface area (Å²) in [5.41, 5.74) is -1.35. The van der Waals surface area contributed by atoms with Gasteiger partial charge >= 0.3 is 18.0 Å². The van der Waals surface area contributed by atoms with Gasteiger partial charge in [-0.25, -0.2) is 4.79 Å². The number of amides is 1. The van der Waals surface area contributed by atoms with Crippen molar-refractivity contribution >= 4 is 35.0 Å². The highest BCUT2D eigenvalue weighted by Gasteiger charge is 2.33. The largest absolute Gasteiger partial charge is 0.450 e. The molecule has 0 spiro atoms. The Morgan fingerprint density at radius 3 is 2.54 bits per heavy atom. The first-order valence-corrected chi connectivity index (χ1v) is 7.03. The molecule has 26 heavy (non-hydrogen) atoms. The molecule has 0 aliphatic heterocycles. The Balaban J connectivity index is 1.96. The molecule has 0 fully saturated rings. The Morgan fingerprint density at radius 1 is 1.27 bits per heavy atom. The van der Waals surface area contributed by atoms with Crippen LogP contribution in [0.3, 0.4) is 0 Å². The van der Waals surface area contributed by atoms with E-state index in [9.17, 15) is 32.9 Å². The number of carbonyl (C=O) groups excluding carboxylic acids is 2. The molecule has 1 aromatic carbocycles. The molecular weight excluding hydrogens is 385 g/mol. The summed E-state index contributed by atoms with van der Waals surface area (Å²) in [7, 11) is 0. The monoisotopic (exact) mass is 392 g/mol. The van der Waals surface area contributed by atoms with E-state index in [0.717, 1.165) is 24.3 Å². The van der Waals surface area contributed by atoms with Crippen LogP contribution in [-0.2, 0) is 15.7 Å². The molecular formula is C14H8ClF3N2O6. The average molecular weight is 393 g/mol. The lowest BCUT2D eigenvalue weighted by atomic mass is 10.2. The summed E-state index contributed by atoms with van der Waals surface area (Å²) < 4.78 is 47.4. The van der Waals surface area contributed by atoms with Gasteiger partial charge in [-0.1, -0.05) is 11.6 Å². The predicted octanol–water partition coefficient (Wildman–Crippen LogP) is 3.66. The van der Waals surface area contributed by atoms with E-state index in [0.29, 0.717) is 6.07 Å². The molecule has 1 amide bonds. The smallest absolute Gasteiger partial charge is 0.433 e. The first kappa shape index (κ1) is 19.2. The van der Waals surface area contributed by atoms with Crippen molar-refractivity contribution in [3.8, 4) is 0 Å². The van der Waals surface area contributed by atoms with Gasteiger partial charge in [-0.2, -0.15) is 13.2 Å². The van der Waals surface area contributed by atoms with Crippen molar-refractivity contribution in [2.24, 2.45) is 0 Å². The van der Waals surface area contributed by atoms with Crippen LogP contribution in [0.25, 0.3) is 0 Å². The number of hydrogen-bond donors (Lipinski definition) is 1. The van der Waals surface area contributed by atoms with Gasteiger partial charge in [-0.05, 0) is 24.3 Å². The second-order valence-electron chi connectivity index (χ2n) is 4.71. The van der Waals surface area contributed by atoms with Gasteiger partial charge in [0.2, 0.25) is 5.76 Å². The Morgan fingerprint density at radius 2 is 1.96 bits per heavy atom.